The second kappa shape index (κ2) is 6.64. The molecule has 120 valence electrons. The monoisotopic (exact) mass is 328 g/mol. The fourth-order valence-corrected chi connectivity index (χ4v) is 3.94. The number of benzene rings is 1. The van der Waals surface area contributed by atoms with Crippen LogP contribution < -0.4 is 5.32 Å². The van der Waals surface area contributed by atoms with Crippen LogP contribution in [0, 0.1) is 0 Å². The Morgan fingerprint density at radius 3 is 2.96 bits per heavy atom. The van der Waals surface area contributed by atoms with E-state index in [1.807, 2.05) is 0 Å². The van der Waals surface area contributed by atoms with Gasteiger partial charge in [-0.3, -0.25) is 14.5 Å². The zero-order chi connectivity index (χ0) is 16.4. The lowest BCUT2D eigenvalue weighted by Gasteiger charge is -2.32. The molecule has 0 aliphatic carbocycles. The topological polar surface area (TPSA) is 49.4 Å². The minimum absolute atomic E-state index is 0.00395. The summed E-state index contributed by atoms with van der Waals surface area (Å²) in [6.07, 6.45) is 1.00. The second-order valence-corrected chi connectivity index (χ2v) is 6.88. The van der Waals surface area contributed by atoms with Gasteiger partial charge in [0.2, 0.25) is 5.91 Å². The number of fused-ring (bicyclic) bond motifs is 1. The number of ketones is 1. The van der Waals surface area contributed by atoms with Gasteiger partial charge in [-0.2, -0.15) is 0 Å². The summed E-state index contributed by atoms with van der Waals surface area (Å²) in [7, 11) is 0. The van der Waals surface area contributed by atoms with Gasteiger partial charge in [-0.25, -0.2) is 0 Å². The molecule has 0 spiro atoms. The molecule has 3 rings (SSSR count). The maximum atomic E-state index is 12.3. The number of nitrogens with one attached hydrogen (secondary N) is 1. The summed E-state index contributed by atoms with van der Waals surface area (Å²) in [5.41, 5.74) is 2.62. The zero-order valence-electron chi connectivity index (χ0n) is 13.3. The Balaban J connectivity index is 1.64. The van der Waals surface area contributed by atoms with Crippen molar-refractivity contribution in [3.05, 3.63) is 51.7 Å². The minimum Gasteiger partial charge on any atom is -0.325 e. The highest BCUT2D eigenvalue weighted by molar-refractivity contribution is 7.10. The Labute approximate surface area is 140 Å². The average molecular weight is 328 g/mol. The average Bonchev–Trinajstić information content (AvgIpc) is 2.99. The first-order valence-electron chi connectivity index (χ1n) is 7.76. The van der Waals surface area contributed by atoms with Gasteiger partial charge in [-0.1, -0.05) is 12.1 Å². The Kier molecular flexibility index (Phi) is 4.59. The standard InChI is InChI=1S/C18H20N2O2S/c1-12-16-7-9-23-17(16)6-8-20(12)11-18(22)19-15-5-3-4-14(10-15)13(2)21/h3-5,7,9-10,12H,6,8,11H2,1-2H3,(H,19,22)/t12-/m0/s1. The van der Waals surface area contributed by atoms with Crippen molar-refractivity contribution in [2.24, 2.45) is 0 Å². The molecule has 0 radical (unpaired) electrons. The second-order valence-electron chi connectivity index (χ2n) is 5.88. The molecule has 2 heterocycles. The highest BCUT2D eigenvalue weighted by Crippen LogP contribution is 2.32. The summed E-state index contributed by atoms with van der Waals surface area (Å²) in [6, 6.07) is 9.48. The molecule has 0 saturated carbocycles. The number of anilines is 1. The largest absolute Gasteiger partial charge is 0.325 e. The number of rotatable bonds is 4. The predicted octanol–water partition coefficient (Wildman–Crippen LogP) is 3.51. The number of thiophene rings is 1. The van der Waals surface area contributed by atoms with Gasteiger partial charge in [0.1, 0.15) is 0 Å². The van der Waals surface area contributed by atoms with Crippen molar-refractivity contribution in [1.82, 2.24) is 4.90 Å². The third-order valence-electron chi connectivity index (χ3n) is 4.30. The number of carbonyl (C=O) groups excluding carboxylic acids is 2. The van der Waals surface area contributed by atoms with E-state index in [9.17, 15) is 9.59 Å². The maximum Gasteiger partial charge on any atom is 0.238 e. The van der Waals surface area contributed by atoms with Gasteiger partial charge in [0.25, 0.3) is 0 Å². The lowest BCUT2D eigenvalue weighted by Crippen LogP contribution is -2.39. The molecule has 1 N–H and O–H groups in total. The molecule has 1 aromatic heterocycles. The number of nitrogens with zero attached hydrogens (tertiary/aromatic N) is 1. The molecular formula is C18H20N2O2S. The Morgan fingerprint density at radius 1 is 1.35 bits per heavy atom. The van der Waals surface area contributed by atoms with E-state index in [1.165, 1.54) is 17.4 Å². The summed E-state index contributed by atoms with van der Waals surface area (Å²) in [4.78, 5) is 27.4. The molecule has 1 atom stereocenters. The molecular weight excluding hydrogens is 308 g/mol. The van der Waals surface area contributed by atoms with Crippen LogP contribution in [0.2, 0.25) is 0 Å². The van der Waals surface area contributed by atoms with E-state index in [0.717, 1.165) is 13.0 Å². The molecule has 0 bridgehead atoms. The fourth-order valence-electron chi connectivity index (χ4n) is 2.98. The first kappa shape index (κ1) is 15.9. The van der Waals surface area contributed by atoms with E-state index < -0.39 is 0 Å². The first-order valence-corrected chi connectivity index (χ1v) is 8.63. The number of amides is 1. The van der Waals surface area contributed by atoms with Crippen LogP contribution in [0.3, 0.4) is 0 Å². The van der Waals surface area contributed by atoms with Crippen LogP contribution in [0.1, 0.15) is 40.7 Å². The van der Waals surface area contributed by atoms with E-state index in [2.05, 4.69) is 28.6 Å². The molecule has 1 aliphatic rings. The van der Waals surface area contributed by atoms with Gasteiger partial charge in [0.15, 0.2) is 5.78 Å². The highest BCUT2D eigenvalue weighted by Gasteiger charge is 2.26. The van der Waals surface area contributed by atoms with Crippen molar-refractivity contribution in [2.75, 3.05) is 18.4 Å². The normalized spacial score (nSPS) is 17.6. The van der Waals surface area contributed by atoms with Gasteiger partial charge < -0.3 is 5.32 Å². The van der Waals surface area contributed by atoms with Crippen molar-refractivity contribution in [2.45, 2.75) is 26.3 Å². The molecule has 5 heteroatoms. The van der Waals surface area contributed by atoms with Crippen LogP contribution in [0.5, 0.6) is 0 Å². The number of hydrogen-bond acceptors (Lipinski definition) is 4. The summed E-state index contributed by atoms with van der Waals surface area (Å²) in [5.74, 6) is -0.0491. The molecule has 0 saturated heterocycles. The van der Waals surface area contributed by atoms with E-state index >= 15 is 0 Å². The van der Waals surface area contributed by atoms with Crippen LogP contribution in [0.25, 0.3) is 0 Å². The van der Waals surface area contributed by atoms with Crippen LogP contribution in [-0.2, 0) is 11.2 Å². The molecule has 2 aromatic rings. The van der Waals surface area contributed by atoms with Crippen molar-refractivity contribution < 1.29 is 9.59 Å². The molecule has 0 fully saturated rings. The third-order valence-corrected chi connectivity index (χ3v) is 5.30. The SMILES string of the molecule is CC(=O)c1cccc(NC(=O)CN2CCc3sccc3[C@@H]2C)c1. The van der Waals surface area contributed by atoms with Crippen molar-refractivity contribution in [3.63, 3.8) is 0 Å². The maximum absolute atomic E-state index is 12.3. The smallest absolute Gasteiger partial charge is 0.238 e. The lowest BCUT2D eigenvalue weighted by molar-refractivity contribution is -0.117. The van der Waals surface area contributed by atoms with Crippen LogP contribution in [0.4, 0.5) is 5.69 Å². The molecule has 23 heavy (non-hydrogen) atoms. The fraction of sp³-hybridized carbons (Fsp3) is 0.333. The van der Waals surface area contributed by atoms with Crippen LogP contribution in [-0.4, -0.2) is 29.7 Å². The minimum atomic E-state index is -0.0452. The van der Waals surface area contributed by atoms with E-state index in [4.69, 9.17) is 0 Å². The molecule has 4 nitrogen and oxygen atoms in total. The van der Waals surface area contributed by atoms with Crippen LogP contribution in [0.15, 0.2) is 35.7 Å². The van der Waals surface area contributed by atoms with E-state index in [-0.39, 0.29) is 17.7 Å². The number of Topliss-reactive ketones (excluding diaryl/α,β-unsaturated/α-hetero) is 1. The van der Waals surface area contributed by atoms with E-state index in [1.54, 1.807) is 35.6 Å². The Hall–Kier alpha value is -1.98. The van der Waals surface area contributed by atoms with Crippen molar-refractivity contribution >= 4 is 28.7 Å². The van der Waals surface area contributed by atoms with Crippen molar-refractivity contribution in [1.29, 1.82) is 0 Å². The summed E-state index contributed by atoms with van der Waals surface area (Å²) in [6.45, 7) is 4.93. The van der Waals surface area contributed by atoms with Crippen LogP contribution >= 0.6 is 11.3 Å². The Bertz CT molecular complexity index is 738. The van der Waals surface area contributed by atoms with Gasteiger partial charge in [-0.15, -0.1) is 11.3 Å². The van der Waals surface area contributed by atoms with Gasteiger partial charge in [0.05, 0.1) is 6.54 Å². The highest BCUT2D eigenvalue weighted by atomic mass is 32.1. The molecule has 1 amide bonds. The quantitative estimate of drug-likeness (QED) is 0.874. The number of carbonyl (C=O) groups is 2. The van der Waals surface area contributed by atoms with Crippen molar-refractivity contribution in [3.8, 4) is 0 Å². The van der Waals surface area contributed by atoms with E-state index in [0.29, 0.717) is 17.8 Å². The predicted molar refractivity (Wildman–Crippen MR) is 93.1 cm³/mol. The van der Waals surface area contributed by atoms with Gasteiger partial charge in [-0.05, 0) is 49.4 Å². The molecule has 1 aliphatic heterocycles. The first-order chi connectivity index (χ1) is 11.0. The lowest BCUT2D eigenvalue weighted by atomic mass is 10.0. The molecule has 0 unspecified atom stereocenters. The molecule has 1 aromatic carbocycles. The summed E-state index contributed by atoms with van der Waals surface area (Å²) < 4.78 is 0. The summed E-state index contributed by atoms with van der Waals surface area (Å²) in [5, 5.41) is 5.02. The summed E-state index contributed by atoms with van der Waals surface area (Å²) >= 11 is 1.80. The number of hydrogen-bond donors (Lipinski definition) is 1. The zero-order valence-corrected chi connectivity index (χ0v) is 14.2. The third kappa shape index (κ3) is 3.51. The Morgan fingerprint density at radius 2 is 2.17 bits per heavy atom. The van der Waals surface area contributed by atoms with Gasteiger partial charge >= 0.3 is 0 Å². The van der Waals surface area contributed by atoms with Gasteiger partial charge in [0, 0.05) is 28.7 Å².